The van der Waals surface area contributed by atoms with Gasteiger partial charge in [0.1, 0.15) is 5.78 Å². The van der Waals surface area contributed by atoms with E-state index in [2.05, 4.69) is 0 Å². The van der Waals surface area contributed by atoms with Crippen LogP contribution in [-0.4, -0.2) is 5.78 Å². The number of carbonyl (C=O) groups is 1. The van der Waals surface area contributed by atoms with Crippen LogP contribution in [0.1, 0.15) is 25.7 Å². The summed E-state index contributed by atoms with van der Waals surface area (Å²) >= 11 is 5.86. The second kappa shape index (κ2) is 2.63. The first-order valence-electron chi connectivity index (χ1n) is 4.14. The molecule has 0 aliphatic heterocycles. The Labute approximate surface area is 71.4 Å². The first-order valence-corrected chi connectivity index (χ1v) is 4.52. The average molecular weight is 171 g/mol. The molecule has 1 saturated carbocycles. The molecule has 0 aromatic carbocycles. The summed E-state index contributed by atoms with van der Waals surface area (Å²) in [6.45, 7) is 0. The van der Waals surface area contributed by atoms with Gasteiger partial charge in [-0.15, -0.1) is 0 Å². The third kappa shape index (κ3) is 1.48. The van der Waals surface area contributed by atoms with E-state index in [-0.39, 0.29) is 5.92 Å². The smallest absolute Gasteiger partial charge is 0.140 e. The maximum Gasteiger partial charge on any atom is 0.140 e. The zero-order valence-electron chi connectivity index (χ0n) is 6.35. The van der Waals surface area contributed by atoms with E-state index in [1.807, 2.05) is 6.08 Å². The third-order valence-electron chi connectivity index (χ3n) is 2.54. The van der Waals surface area contributed by atoms with Gasteiger partial charge in [0.2, 0.25) is 0 Å². The van der Waals surface area contributed by atoms with Crippen LogP contribution in [0, 0.1) is 11.8 Å². The Morgan fingerprint density at radius 2 is 2.18 bits per heavy atom. The molecule has 0 aromatic heterocycles. The first-order chi connectivity index (χ1) is 5.27. The highest BCUT2D eigenvalue weighted by molar-refractivity contribution is 6.30. The van der Waals surface area contributed by atoms with E-state index in [0.717, 1.165) is 11.5 Å². The SMILES string of the molecule is O=C1CC=C(Cl)CC1C1CC1. The second-order valence-corrected chi connectivity index (χ2v) is 3.95. The van der Waals surface area contributed by atoms with Gasteiger partial charge in [0, 0.05) is 17.4 Å². The predicted octanol–water partition coefficient (Wildman–Crippen LogP) is 2.50. The molecular formula is C9H11ClO. The summed E-state index contributed by atoms with van der Waals surface area (Å²) < 4.78 is 0. The molecule has 1 fully saturated rings. The topological polar surface area (TPSA) is 17.1 Å². The van der Waals surface area contributed by atoms with Crippen LogP contribution in [0.3, 0.4) is 0 Å². The van der Waals surface area contributed by atoms with Crippen molar-refractivity contribution < 1.29 is 4.79 Å². The lowest BCUT2D eigenvalue weighted by atomic mass is 9.89. The van der Waals surface area contributed by atoms with E-state index in [0.29, 0.717) is 18.1 Å². The van der Waals surface area contributed by atoms with Gasteiger partial charge in [-0.05, 0) is 25.2 Å². The number of hydrogen-bond donors (Lipinski definition) is 0. The lowest BCUT2D eigenvalue weighted by Crippen LogP contribution is -2.19. The van der Waals surface area contributed by atoms with Gasteiger partial charge in [-0.1, -0.05) is 17.7 Å². The van der Waals surface area contributed by atoms with Crippen LogP contribution in [-0.2, 0) is 4.79 Å². The van der Waals surface area contributed by atoms with Gasteiger partial charge in [-0.3, -0.25) is 4.79 Å². The highest BCUT2D eigenvalue weighted by atomic mass is 35.5. The quantitative estimate of drug-likeness (QED) is 0.591. The molecule has 0 heterocycles. The number of Topliss-reactive ketones (excluding diaryl/α,β-unsaturated/α-hetero) is 1. The van der Waals surface area contributed by atoms with Gasteiger partial charge in [0.05, 0.1) is 0 Å². The fraction of sp³-hybridized carbons (Fsp3) is 0.667. The highest BCUT2D eigenvalue weighted by Gasteiger charge is 2.36. The Bertz CT molecular complexity index is 216. The third-order valence-corrected chi connectivity index (χ3v) is 2.85. The molecule has 2 rings (SSSR count). The van der Waals surface area contributed by atoms with Crippen molar-refractivity contribution in [1.29, 1.82) is 0 Å². The van der Waals surface area contributed by atoms with Gasteiger partial charge >= 0.3 is 0 Å². The van der Waals surface area contributed by atoms with Crippen molar-refractivity contribution in [3.63, 3.8) is 0 Å². The lowest BCUT2D eigenvalue weighted by Gasteiger charge is -2.17. The average Bonchev–Trinajstić information content (AvgIpc) is 2.76. The molecule has 2 aliphatic rings. The minimum atomic E-state index is 0.271. The molecule has 0 bridgehead atoms. The zero-order valence-corrected chi connectivity index (χ0v) is 7.10. The van der Waals surface area contributed by atoms with Crippen molar-refractivity contribution in [2.24, 2.45) is 11.8 Å². The molecule has 11 heavy (non-hydrogen) atoms. The van der Waals surface area contributed by atoms with Crippen LogP contribution in [0.4, 0.5) is 0 Å². The molecule has 1 unspecified atom stereocenters. The van der Waals surface area contributed by atoms with Gasteiger partial charge in [0.25, 0.3) is 0 Å². The number of ketones is 1. The minimum Gasteiger partial charge on any atom is -0.299 e. The summed E-state index contributed by atoms with van der Waals surface area (Å²) in [5.74, 6) is 1.34. The number of halogens is 1. The summed E-state index contributed by atoms with van der Waals surface area (Å²) in [4.78, 5) is 11.3. The van der Waals surface area contributed by atoms with Crippen LogP contribution in [0.5, 0.6) is 0 Å². The monoisotopic (exact) mass is 170 g/mol. The van der Waals surface area contributed by atoms with Crippen LogP contribution < -0.4 is 0 Å². The van der Waals surface area contributed by atoms with Crippen LogP contribution in [0.25, 0.3) is 0 Å². The molecule has 0 spiro atoms. The van der Waals surface area contributed by atoms with Gasteiger partial charge < -0.3 is 0 Å². The van der Waals surface area contributed by atoms with E-state index >= 15 is 0 Å². The van der Waals surface area contributed by atoms with Crippen molar-refractivity contribution in [2.75, 3.05) is 0 Å². The summed E-state index contributed by atoms with van der Waals surface area (Å²) in [6.07, 6.45) is 5.70. The van der Waals surface area contributed by atoms with Crippen molar-refractivity contribution in [1.82, 2.24) is 0 Å². The molecular weight excluding hydrogens is 160 g/mol. The maximum atomic E-state index is 11.3. The first kappa shape index (κ1) is 7.35. The van der Waals surface area contributed by atoms with Crippen molar-refractivity contribution in [3.8, 4) is 0 Å². The van der Waals surface area contributed by atoms with E-state index in [9.17, 15) is 4.79 Å². The highest BCUT2D eigenvalue weighted by Crippen LogP contribution is 2.42. The Morgan fingerprint density at radius 1 is 1.45 bits per heavy atom. The summed E-state index contributed by atoms with van der Waals surface area (Å²) in [5.41, 5.74) is 0. The van der Waals surface area contributed by atoms with E-state index in [1.54, 1.807) is 0 Å². The van der Waals surface area contributed by atoms with Crippen LogP contribution in [0.2, 0.25) is 0 Å². The lowest BCUT2D eigenvalue weighted by molar-refractivity contribution is -0.122. The standard InChI is InChI=1S/C9H11ClO/c10-7-3-4-9(11)8(5-7)6-1-2-6/h3,6,8H,1-2,4-5H2. The van der Waals surface area contributed by atoms with E-state index in [1.165, 1.54) is 12.8 Å². The largest absolute Gasteiger partial charge is 0.299 e. The zero-order chi connectivity index (χ0) is 7.84. The molecule has 2 heteroatoms. The normalized spacial score (nSPS) is 31.9. The van der Waals surface area contributed by atoms with Crippen molar-refractivity contribution in [2.45, 2.75) is 25.7 Å². The summed E-state index contributed by atoms with van der Waals surface area (Å²) in [6, 6.07) is 0. The predicted molar refractivity (Wildman–Crippen MR) is 44.4 cm³/mol. The number of hydrogen-bond acceptors (Lipinski definition) is 1. The van der Waals surface area contributed by atoms with Crippen LogP contribution in [0.15, 0.2) is 11.1 Å². The van der Waals surface area contributed by atoms with Crippen LogP contribution >= 0.6 is 11.6 Å². The molecule has 0 aromatic rings. The van der Waals surface area contributed by atoms with Gasteiger partial charge in [-0.25, -0.2) is 0 Å². The second-order valence-electron chi connectivity index (χ2n) is 3.47. The number of carbonyl (C=O) groups excluding carboxylic acids is 1. The molecule has 1 atom stereocenters. The Hall–Kier alpha value is -0.300. The molecule has 0 saturated heterocycles. The van der Waals surface area contributed by atoms with Crippen molar-refractivity contribution in [3.05, 3.63) is 11.1 Å². The number of rotatable bonds is 1. The Balaban J connectivity index is 2.08. The van der Waals surface area contributed by atoms with Gasteiger partial charge in [0.15, 0.2) is 0 Å². The molecule has 2 aliphatic carbocycles. The minimum absolute atomic E-state index is 0.271. The van der Waals surface area contributed by atoms with E-state index in [4.69, 9.17) is 11.6 Å². The molecule has 60 valence electrons. The fourth-order valence-corrected chi connectivity index (χ4v) is 1.94. The molecule has 0 radical (unpaired) electrons. The van der Waals surface area contributed by atoms with E-state index < -0.39 is 0 Å². The molecule has 0 N–H and O–H groups in total. The molecule has 0 amide bonds. The Morgan fingerprint density at radius 3 is 2.82 bits per heavy atom. The Kier molecular flexibility index (Phi) is 1.76. The summed E-state index contributed by atoms with van der Waals surface area (Å²) in [7, 11) is 0. The maximum absolute atomic E-state index is 11.3. The number of allylic oxidation sites excluding steroid dienone is 2. The fourth-order valence-electron chi connectivity index (χ4n) is 1.70. The molecule has 1 nitrogen and oxygen atoms in total. The van der Waals surface area contributed by atoms with Gasteiger partial charge in [-0.2, -0.15) is 0 Å². The summed E-state index contributed by atoms with van der Waals surface area (Å²) in [5, 5.41) is 0.890. The van der Waals surface area contributed by atoms with Crippen molar-refractivity contribution >= 4 is 17.4 Å².